The number of piperidine rings is 1. The molecule has 0 amide bonds. The average Bonchev–Trinajstić information content (AvgIpc) is 2.80. The van der Waals surface area contributed by atoms with Crippen LogP contribution < -0.4 is 0 Å². The number of aliphatic hydroxyl groups is 1. The van der Waals surface area contributed by atoms with Crippen molar-refractivity contribution in [3.05, 3.63) is 16.4 Å². The predicted molar refractivity (Wildman–Crippen MR) is 84.7 cm³/mol. The smallest absolute Gasteiger partial charge is 0.114 e. The largest absolute Gasteiger partial charge is 0.385 e. The Morgan fingerprint density at radius 1 is 1.35 bits per heavy atom. The Hall–Kier alpha value is -0.390. The molecule has 2 rings (SSSR count). The van der Waals surface area contributed by atoms with Gasteiger partial charge in [0.2, 0.25) is 0 Å². The van der Waals surface area contributed by atoms with Gasteiger partial charge in [-0.05, 0) is 62.1 Å². The minimum Gasteiger partial charge on any atom is -0.385 e. The highest BCUT2D eigenvalue weighted by atomic mass is 79.9. The molecule has 0 saturated carbocycles. The van der Waals surface area contributed by atoms with Crippen molar-refractivity contribution in [3.8, 4) is 0 Å². The molecule has 2 heterocycles. The molecule has 0 radical (unpaired) electrons. The van der Waals surface area contributed by atoms with Crippen molar-refractivity contribution >= 4 is 15.9 Å². The van der Waals surface area contributed by atoms with Crippen molar-refractivity contribution in [3.63, 3.8) is 0 Å². The second kappa shape index (κ2) is 6.58. The minimum atomic E-state index is -0.538. The molecule has 1 fully saturated rings. The molecule has 0 aromatic carbocycles. The summed E-state index contributed by atoms with van der Waals surface area (Å²) in [5, 5.41) is 15.3. The first-order chi connectivity index (χ1) is 9.48. The standard InChI is InChI=1S/C15H26BrN3O/c1-4-8-19-13(12(16)11-17-19)14(20)15(2,3)18-9-6-5-7-10-18/h11,14,20H,4-10H2,1-3H3. The third-order valence-electron chi connectivity index (χ3n) is 4.37. The molecule has 0 bridgehead atoms. The van der Waals surface area contributed by atoms with Crippen LogP contribution in [0.15, 0.2) is 10.7 Å². The minimum absolute atomic E-state index is 0.269. The van der Waals surface area contributed by atoms with E-state index in [0.717, 1.165) is 36.2 Å². The monoisotopic (exact) mass is 343 g/mol. The van der Waals surface area contributed by atoms with Crippen molar-refractivity contribution in [2.75, 3.05) is 13.1 Å². The van der Waals surface area contributed by atoms with Crippen molar-refractivity contribution in [1.29, 1.82) is 0 Å². The Labute approximate surface area is 130 Å². The maximum absolute atomic E-state index is 10.9. The van der Waals surface area contributed by atoms with Crippen LogP contribution in [-0.2, 0) is 6.54 Å². The number of nitrogens with zero attached hydrogens (tertiary/aromatic N) is 3. The first-order valence-corrected chi connectivity index (χ1v) is 8.42. The summed E-state index contributed by atoms with van der Waals surface area (Å²) in [6.07, 6.45) is 6.03. The van der Waals surface area contributed by atoms with Gasteiger partial charge in [-0.25, -0.2) is 0 Å². The maximum Gasteiger partial charge on any atom is 0.114 e. The van der Waals surface area contributed by atoms with Crippen molar-refractivity contribution in [2.45, 2.75) is 64.6 Å². The molecule has 1 unspecified atom stereocenters. The zero-order valence-electron chi connectivity index (χ0n) is 12.8. The fourth-order valence-corrected chi connectivity index (χ4v) is 3.52. The van der Waals surface area contributed by atoms with E-state index in [1.807, 2.05) is 4.68 Å². The molecule has 1 N–H and O–H groups in total. The van der Waals surface area contributed by atoms with Crippen LogP contribution in [0.1, 0.15) is 58.3 Å². The molecular formula is C15H26BrN3O. The number of likely N-dealkylation sites (tertiary alicyclic amines) is 1. The molecule has 4 nitrogen and oxygen atoms in total. The number of aromatic nitrogens is 2. The zero-order valence-corrected chi connectivity index (χ0v) is 14.4. The maximum atomic E-state index is 10.9. The molecule has 20 heavy (non-hydrogen) atoms. The molecule has 114 valence electrons. The Bertz CT molecular complexity index is 438. The van der Waals surface area contributed by atoms with E-state index in [2.05, 4.69) is 46.7 Å². The van der Waals surface area contributed by atoms with Gasteiger partial charge in [-0.2, -0.15) is 5.10 Å². The first kappa shape index (κ1) is 16.0. The number of hydrogen-bond donors (Lipinski definition) is 1. The molecular weight excluding hydrogens is 318 g/mol. The van der Waals surface area contributed by atoms with Gasteiger partial charge in [0.15, 0.2) is 0 Å². The fourth-order valence-electron chi connectivity index (χ4n) is 3.01. The predicted octanol–water partition coefficient (Wildman–Crippen LogP) is 3.35. The average molecular weight is 344 g/mol. The van der Waals surface area contributed by atoms with Gasteiger partial charge < -0.3 is 5.11 Å². The summed E-state index contributed by atoms with van der Waals surface area (Å²) in [7, 11) is 0. The van der Waals surface area contributed by atoms with Gasteiger partial charge in [0.1, 0.15) is 6.10 Å². The number of aryl methyl sites for hydroxylation is 1. The Kier molecular flexibility index (Phi) is 5.26. The van der Waals surface area contributed by atoms with E-state index >= 15 is 0 Å². The lowest BCUT2D eigenvalue weighted by molar-refractivity contribution is -0.0255. The van der Waals surface area contributed by atoms with Crippen LogP contribution in [0.4, 0.5) is 0 Å². The lowest BCUT2D eigenvalue weighted by atomic mass is 9.90. The van der Waals surface area contributed by atoms with Gasteiger partial charge in [0.25, 0.3) is 0 Å². The van der Waals surface area contributed by atoms with Crippen molar-refractivity contribution < 1.29 is 5.11 Å². The normalized spacial score (nSPS) is 19.2. The van der Waals surface area contributed by atoms with Crippen LogP contribution >= 0.6 is 15.9 Å². The van der Waals surface area contributed by atoms with E-state index in [9.17, 15) is 5.11 Å². The first-order valence-electron chi connectivity index (χ1n) is 7.62. The summed E-state index contributed by atoms with van der Waals surface area (Å²) >= 11 is 3.54. The van der Waals surface area contributed by atoms with Crippen molar-refractivity contribution in [1.82, 2.24) is 14.7 Å². The topological polar surface area (TPSA) is 41.3 Å². The van der Waals surface area contributed by atoms with Crippen LogP contribution in [0.3, 0.4) is 0 Å². The zero-order chi connectivity index (χ0) is 14.8. The highest BCUT2D eigenvalue weighted by molar-refractivity contribution is 9.10. The number of hydrogen-bond acceptors (Lipinski definition) is 3. The summed E-state index contributed by atoms with van der Waals surface area (Å²) in [4.78, 5) is 2.41. The second-order valence-corrected chi connectivity index (χ2v) is 7.06. The molecule has 1 atom stereocenters. The highest BCUT2D eigenvalue weighted by Gasteiger charge is 2.38. The van der Waals surface area contributed by atoms with Crippen LogP contribution in [0.5, 0.6) is 0 Å². The van der Waals surface area contributed by atoms with Gasteiger partial charge in [-0.1, -0.05) is 13.3 Å². The number of aliphatic hydroxyl groups excluding tert-OH is 1. The quantitative estimate of drug-likeness (QED) is 0.891. The lowest BCUT2D eigenvalue weighted by Crippen LogP contribution is -2.51. The van der Waals surface area contributed by atoms with Gasteiger partial charge in [-0.15, -0.1) is 0 Å². The third-order valence-corrected chi connectivity index (χ3v) is 4.98. The second-order valence-electron chi connectivity index (χ2n) is 6.20. The summed E-state index contributed by atoms with van der Waals surface area (Å²) in [6.45, 7) is 9.39. The Morgan fingerprint density at radius 3 is 2.60 bits per heavy atom. The summed E-state index contributed by atoms with van der Waals surface area (Å²) in [5.74, 6) is 0. The molecule has 0 spiro atoms. The van der Waals surface area contributed by atoms with Crippen LogP contribution in [-0.4, -0.2) is 38.4 Å². The molecule has 0 aliphatic carbocycles. The molecule has 1 aliphatic rings. The highest BCUT2D eigenvalue weighted by Crippen LogP contribution is 2.36. The third kappa shape index (κ3) is 3.10. The van der Waals surface area contributed by atoms with Gasteiger partial charge in [-0.3, -0.25) is 9.58 Å². The van der Waals surface area contributed by atoms with Crippen molar-refractivity contribution in [2.24, 2.45) is 0 Å². The molecule has 5 heteroatoms. The van der Waals surface area contributed by atoms with E-state index in [-0.39, 0.29) is 5.54 Å². The van der Waals surface area contributed by atoms with Crippen LogP contribution in [0.2, 0.25) is 0 Å². The summed E-state index contributed by atoms with van der Waals surface area (Å²) in [6, 6.07) is 0. The lowest BCUT2D eigenvalue weighted by Gasteiger charge is -2.44. The summed E-state index contributed by atoms with van der Waals surface area (Å²) in [5.41, 5.74) is 0.636. The molecule has 1 saturated heterocycles. The number of halogens is 1. The van der Waals surface area contributed by atoms with E-state index in [0.29, 0.717) is 0 Å². The SMILES string of the molecule is CCCn1ncc(Br)c1C(O)C(C)(C)N1CCCCC1. The van der Waals surface area contributed by atoms with Crippen LogP contribution in [0, 0.1) is 0 Å². The van der Waals surface area contributed by atoms with Gasteiger partial charge in [0, 0.05) is 12.1 Å². The van der Waals surface area contributed by atoms with Crippen LogP contribution in [0.25, 0.3) is 0 Å². The fraction of sp³-hybridized carbons (Fsp3) is 0.800. The summed E-state index contributed by atoms with van der Waals surface area (Å²) < 4.78 is 2.84. The van der Waals surface area contributed by atoms with E-state index in [1.165, 1.54) is 19.3 Å². The van der Waals surface area contributed by atoms with Gasteiger partial charge >= 0.3 is 0 Å². The van der Waals surface area contributed by atoms with E-state index in [1.54, 1.807) is 6.20 Å². The Balaban J connectivity index is 2.24. The van der Waals surface area contributed by atoms with Gasteiger partial charge in [0.05, 0.1) is 16.4 Å². The molecule has 1 aliphatic heterocycles. The number of rotatable bonds is 5. The molecule has 1 aromatic rings. The Morgan fingerprint density at radius 2 is 2.00 bits per heavy atom. The van der Waals surface area contributed by atoms with E-state index < -0.39 is 6.10 Å². The van der Waals surface area contributed by atoms with E-state index in [4.69, 9.17) is 0 Å². The molecule has 1 aromatic heterocycles.